The molecule has 0 spiro atoms. The minimum atomic E-state index is -1.21. The van der Waals surface area contributed by atoms with Gasteiger partial charge in [0.15, 0.2) is 0 Å². The predicted molar refractivity (Wildman–Crippen MR) is 197 cm³/mol. The largest absolute Gasteiger partial charge is 0.444 e. The van der Waals surface area contributed by atoms with E-state index in [2.05, 4.69) is 59.9 Å². The number of aromatic nitrogens is 5. The third kappa shape index (κ3) is 8.08. The molecule has 1 aliphatic heterocycles. The van der Waals surface area contributed by atoms with Gasteiger partial charge in [-0.2, -0.15) is 0 Å². The van der Waals surface area contributed by atoms with Crippen molar-refractivity contribution >= 4 is 42.0 Å². The van der Waals surface area contributed by atoms with Crippen LogP contribution in [-0.4, -0.2) is 68.9 Å². The molecule has 0 unspecified atom stereocenters. The standard InChI is InChI=1S/C37H44N6O3SSi/c1-25-9-8-10-31(40-25)33-34(43(23-39-33)24-45-17-18-48(5,6)7)27-11-12-30-28(19-27)20-29(21-38-30)35-41-32(22-47-35)26-13-15-42(16-14-26)36(44)46-37(2,3)4/h8-13,19-23H,14-18,24H2,1-7H3. The number of amides is 1. The molecular formula is C37H44N6O3SSi. The first-order chi connectivity index (χ1) is 22.8. The number of thiazole rings is 1. The molecule has 0 saturated heterocycles. The summed E-state index contributed by atoms with van der Waals surface area (Å²) in [6, 6.07) is 15.6. The molecule has 0 aliphatic carbocycles. The molecule has 9 nitrogen and oxygen atoms in total. The number of hydrogen-bond acceptors (Lipinski definition) is 8. The minimum Gasteiger partial charge on any atom is -0.444 e. The Morgan fingerprint density at radius 2 is 1.83 bits per heavy atom. The number of nitrogens with zero attached hydrogens (tertiary/aromatic N) is 6. The monoisotopic (exact) mass is 680 g/mol. The number of imidazole rings is 1. The Balaban J connectivity index is 1.27. The van der Waals surface area contributed by atoms with E-state index in [1.807, 2.05) is 58.4 Å². The van der Waals surface area contributed by atoms with Crippen LogP contribution in [0.15, 0.2) is 66.4 Å². The average Bonchev–Trinajstić information content (AvgIpc) is 3.70. The molecule has 0 bridgehead atoms. The van der Waals surface area contributed by atoms with Crippen LogP contribution in [0.5, 0.6) is 0 Å². The highest BCUT2D eigenvalue weighted by atomic mass is 32.1. The van der Waals surface area contributed by atoms with E-state index in [4.69, 9.17) is 29.4 Å². The van der Waals surface area contributed by atoms with Crippen molar-refractivity contribution in [1.82, 2.24) is 29.4 Å². The van der Waals surface area contributed by atoms with Crippen molar-refractivity contribution in [3.8, 4) is 33.2 Å². The number of hydrogen-bond donors (Lipinski definition) is 0. The molecule has 0 atom stereocenters. The Labute approximate surface area is 287 Å². The number of fused-ring (bicyclic) bond motifs is 1. The number of pyridine rings is 2. The Kier molecular flexibility index (Phi) is 9.64. The van der Waals surface area contributed by atoms with Crippen molar-refractivity contribution in [2.24, 2.45) is 0 Å². The lowest BCUT2D eigenvalue weighted by molar-refractivity contribution is 0.0270. The van der Waals surface area contributed by atoms with Crippen LogP contribution in [0.4, 0.5) is 4.79 Å². The van der Waals surface area contributed by atoms with E-state index in [0.717, 1.165) is 80.2 Å². The predicted octanol–water partition coefficient (Wildman–Crippen LogP) is 8.93. The molecule has 5 heterocycles. The highest BCUT2D eigenvalue weighted by Gasteiger charge is 2.25. The van der Waals surface area contributed by atoms with Crippen LogP contribution in [0.2, 0.25) is 25.7 Å². The molecule has 5 aromatic rings. The Hall–Kier alpha value is -4.19. The zero-order valence-corrected chi connectivity index (χ0v) is 30.7. The minimum absolute atomic E-state index is 0.279. The highest BCUT2D eigenvalue weighted by Crippen LogP contribution is 2.35. The van der Waals surface area contributed by atoms with Gasteiger partial charge in [-0.1, -0.05) is 37.8 Å². The number of benzene rings is 1. The van der Waals surface area contributed by atoms with Gasteiger partial charge in [-0.05, 0) is 76.1 Å². The normalized spacial score (nSPS) is 14.0. The molecule has 1 aliphatic rings. The Morgan fingerprint density at radius 1 is 1.02 bits per heavy atom. The molecule has 4 aromatic heterocycles. The van der Waals surface area contributed by atoms with Crippen LogP contribution in [-0.2, 0) is 16.2 Å². The zero-order valence-electron chi connectivity index (χ0n) is 28.9. The van der Waals surface area contributed by atoms with Crippen molar-refractivity contribution in [2.45, 2.75) is 72.1 Å². The lowest BCUT2D eigenvalue weighted by Crippen LogP contribution is -2.39. The summed E-state index contributed by atoms with van der Waals surface area (Å²) in [6.45, 7) is 17.0. The fourth-order valence-electron chi connectivity index (χ4n) is 5.53. The number of rotatable bonds is 9. The van der Waals surface area contributed by atoms with Gasteiger partial charge in [-0.3, -0.25) is 9.97 Å². The van der Waals surface area contributed by atoms with Crippen molar-refractivity contribution in [3.63, 3.8) is 0 Å². The molecule has 1 aromatic carbocycles. The number of aryl methyl sites for hydroxylation is 1. The molecule has 250 valence electrons. The Morgan fingerprint density at radius 3 is 2.56 bits per heavy atom. The summed E-state index contributed by atoms with van der Waals surface area (Å²) in [5.41, 5.74) is 8.04. The van der Waals surface area contributed by atoms with Gasteiger partial charge < -0.3 is 18.9 Å². The first-order valence-corrected chi connectivity index (χ1v) is 21.0. The lowest BCUT2D eigenvalue weighted by Gasteiger charge is -2.29. The van der Waals surface area contributed by atoms with Crippen LogP contribution >= 0.6 is 11.3 Å². The van der Waals surface area contributed by atoms with Crippen molar-refractivity contribution < 1.29 is 14.3 Å². The zero-order chi connectivity index (χ0) is 34.1. The maximum atomic E-state index is 12.5. The topological polar surface area (TPSA) is 95.3 Å². The summed E-state index contributed by atoms with van der Waals surface area (Å²) < 4.78 is 13.8. The molecule has 1 amide bonds. The van der Waals surface area contributed by atoms with Gasteiger partial charge >= 0.3 is 6.09 Å². The number of carbonyl (C=O) groups excluding carboxylic acids is 1. The lowest BCUT2D eigenvalue weighted by atomic mass is 10.0. The van der Waals surface area contributed by atoms with Gasteiger partial charge in [0.25, 0.3) is 0 Å². The van der Waals surface area contributed by atoms with E-state index < -0.39 is 13.7 Å². The average molecular weight is 681 g/mol. The molecule has 48 heavy (non-hydrogen) atoms. The van der Waals surface area contributed by atoms with E-state index in [0.29, 0.717) is 19.8 Å². The van der Waals surface area contributed by atoms with Crippen molar-refractivity contribution in [1.29, 1.82) is 0 Å². The molecule has 0 fully saturated rings. The second-order valence-electron chi connectivity index (χ2n) is 14.5. The van der Waals surface area contributed by atoms with Gasteiger partial charge in [0.1, 0.15) is 23.0 Å². The third-order valence-corrected chi connectivity index (χ3v) is 10.7. The van der Waals surface area contributed by atoms with Crippen LogP contribution < -0.4 is 0 Å². The van der Waals surface area contributed by atoms with E-state index >= 15 is 0 Å². The molecule has 0 N–H and O–H groups in total. The summed E-state index contributed by atoms with van der Waals surface area (Å²) in [5, 5.41) is 4.01. The molecule has 0 saturated carbocycles. The Bertz CT molecular complexity index is 1970. The van der Waals surface area contributed by atoms with E-state index in [1.54, 1.807) is 16.2 Å². The fourth-order valence-corrected chi connectivity index (χ4v) is 7.11. The number of carbonyl (C=O) groups is 1. The molecule has 0 radical (unpaired) electrons. The summed E-state index contributed by atoms with van der Waals surface area (Å²) in [4.78, 5) is 33.6. The van der Waals surface area contributed by atoms with Crippen molar-refractivity contribution in [3.05, 3.63) is 77.8 Å². The smallest absolute Gasteiger partial charge is 0.410 e. The third-order valence-electron chi connectivity index (χ3n) is 8.09. The summed E-state index contributed by atoms with van der Waals surface area (Å²) in [6.07, 6.45) is 6.28. The summed E-state index contributed by atoms with van der Waals surface area (Å²) in [7, 11) is -1.21. The van der Waals surface area contributed by atoms with Gasteiger partial charge in [0.2, 0.25) is 0 Å². The SMILES string of the molecule is Cc1cccc(-c2ncn(COCC[Si](C)(C)C)c2-c2ccc3ncc(-c4nc(C5=CCN(C(=O)OC(C)(C)C)CC5)cs4)cc3c2)n1. The summed E-state index contributed by atoms with van der Waals surface area (Å²) in [5.74, 6) is 0. The van der Waals surface area contributed by atoms with Gasteiger partial charge in [0.05, 0.1) is 28.9 Å². The molecule has 11 heteroatoms. The van der Waals surface area contributed by atoms with E-state index in [9.17, 15) is 4.79 Å². The van der Waals surface area contributed by atoms with Gasteiger partial charge in [-0.15, -0.1) is 11.3 Å². The van der Waals surface area contributed by atoms with E-state index in [1.165, 1.54) is 0 Å². The van der Waals surface area contributed by atoms with Crippen LogP contribution in [0.1, 0.15) is 38.6 Å². The quantitative estimate of drug-likeness (QED) is 0.113. The van der Waals surface area contributed by atoms with Gasteiger partial charge in [0, 0.05) is 61.6 Å². The second-order valence-corrected chi connectivity index (χ2v) is 21.0. The highest BCUT2D eigenvalue weighted by molar-refractivity contribution is 7.13. The van der Waals surface area contributed by atoms with E-state index in [-0.39, 0.29) is 6.09 Å². The second kappa shape index (κ2) is 13.7. The first-order valence-electron chi connectivity index (χ1n) is 16.4. The first kappa shape index (κ1) is 33.7. The van der Waals surface area contributed by atoms with Crippen LogP contribution in [0.25, 0.3) is 49.7 Å². The molecule has 6 rings (SSSR count). The van der Waals surface area contributed by atoms with Crippen molar-refractivity contribution in [2.75, 3.05) is 19.7 Å². The maximum Gasteiger partial charge on any atom is 0.410 e. The number of ether oxygens (including phenoxy) is 2. The van der Waals surface area contributed by atoms with Crippen LogP contribution in [0, 0.1) is 6.92 Å². The summed E-state index contributed by atoms with van der Waals surface area (Å²) >= 11 is 1.60. The maximum absolute atomic E-state index is 12.5. The molecular weight excluding hydrogens is 637 g/mol. The van der Waals surface area contributed by atoms with Crippen LogP contribution in [0.3, 0.4) is 0 Å². The van der Waals surface area contributed by atoms with Gasteiger partial charge in [-0.25, -0.2) is 14.8 Å². The fraction of sp³-hybridized carbons (Fsp3) is 0.378.